The predicted octanol–water partition coefficient (Wildman–Crippen LogP) is 3.16. The van der Waals surface area contributed by atoms with Crippen LogP contribution in [0.2, 0.25) is 0 Å². The van der Waals surface area contributed by atoms with Crippen LogP contribution in [0.5, 0.6) is 0 Å². The molecule has 0 saturated heterocycles. The van der Waals surface area contributed by atoms with Gasteiger partial charge < -0.3 is 9.84 Å². The van der Waals surface area contributed by atoms with E-state index in [-0.39, 0.29) is 12.5 Å². The molecule has 0 aliphatic heterocycles. The van der Waals surface area contributed by atoms with Crippen LogP contribution in [0, 0.1) is 0 Å². The van der Waals surface area contributed by atoms with Crippen molar-refractivity contribution >= 4 is 5.91 Å². The molecule has 3 aromatic rings. The number of benzene rings is 2. The maximum Gasteiger partial charge on any atom is 0.246 e. The lowest BCUT2D eigenvalue weighted by atomic mass is 10.1. The second-order valence-electron chi connectivity index (χ2n) is 5.50. The summed E-state index contributed by atoms with van der Waals surface area (Å²) in [7, 11) is 0. The lowest BCUT2D eigenvalue weighted by Crippen LogP contribution is -2.24. The van der Waals surface area contributed by atoms with Gasteiger partial charge in [-0.25, -0.2) is 0 Å². The summed E-state index contributed by atoms with van der Waals surface area (Å²) in [6, 6.07) is 17.6. The second kappa shape index (κ2) is 7.55. The fraction of sp³-hybridized carbons (Fsp3) is 0.211. The molecule has 0 unspecified atom stereocenters. The van der Waals surface area contributed by atoms with Crippen LogP contribution in [0.25, 0.3) is 11.4 Å². The lowest BCUT2D eigenvalue weighted by molar-refractivity contribution is -0.120. The summed E-state index contributed by atoms with van der Waals surface area (Å²) >= 11 is 0. The molecule has 1 aromatic heterocycles. The van der Waals surface area contributed by atoms with Crippen LogP contribution in [0.4, 0.5) is 0 Å². The summed E-state index contributed by atoms with van der Waals surface area (Å²) in [6.45, 7) is 2.33. The highest BCUT2D eigenvalue weighted by molar-refractivity contribution is 5.78. The molecule has 5 nitrogen and oxygen atoms in total. The average Bonchev–Trinajstić information content (AvgIpc) is 3.10. The van der Waals surface area contributed by atoms with Gasteiger partial charge >= 0.3 is 0 Å². The van der Waals surface area contributed by atoms with Gasteiger partial charge in [0.25, 0.3) is 0 Å². The predicted molar refractivity (Wildman–Crippen MR) is 91.1 cm³/mol. The summed E-state index contributed by atoms with van der Waals surface area (Å²) < 4.78 is 5.17. The van der Waals surface area contributed by atoms with E-state index < -0.39 is 0 Å². The van der Waals surface area contributed by atoms with Crippen molar-refractivity contribution in [3.05, 3.63) is 71.6 Å². The van der Waals surface area contributed by atoms with Crippen molar-refractivity contribution in [3.63, 3.8) is 0 Å². The molecular formula is C19H19N3O2. The van der Waals surface area contributed by atoms with Crippen molar-refractivity contribution in [1.29, 1.82) is 0 Å². The Balaban J connectivity index is 1.53. The van der Waals surface area contributed by atoms with E-state index in [1.165, 1.54) is 5.56 Å². The van der Waals surface area contributed by atoms with Crippen molar-refractivity contribution in [3.8, 4) is 11.4 Å². The van der Waals surface area contributed by atoms with Crippen LogP contribution in [0.3, 0.4) is 0 Å². The molecule has 0 aliphatic rings. The molecular weight excluding hydrogens is 302 g/mol. The maximum atomic E-state index is 12.0. The molecule has 24 heavy (non-hydrogen) atoms. The molecule has 0 atom stereocenters. The third-order valence-corrected chi connectivity index (χ3v) is 3.73. The van der Waals surface area contributed by atoms with Gasteiger partial charge in [0.15, 0.2) is 0 Å². The largest absolute Gasteiger partial charge is 0.347 e. The first-order valence-corrected chi connectivity index (χ1v) is 7.97. The van der Waals surface area contributed by atoms with E-state index >= 15 is 0 Å². The van der Waals surface area contributed by atoms with E-state index in [9.17, 15) is 4.79 Å². The Labute approximate surface area is 140 Å². The molecule has 1 N–H and O–H groups in total. The number of rotatable bonds is 6. The summed E-state index contributed by atoms with van der Waals surface area (Å²) in [5.74, 6) is 0.845. The number of nitrogens with zero attached hydrogens (tertiary/aromatic N) is 2. The van der Waals surface area contributed by atoms with E-state index in [1.807, 2.05) is 54.6 Å². The number of amides is 1. The minimum Gasteiger partial charge on any atom is -0.347 e. The van der Waals surface area contributed by atoms with Crippen molar-refractivity contribution in [2.75, 3.05) is 0 Å². The minimum atomic E-state index is -0.0706. The van der Waals surface area contributed by atoms with Crippen LogP contribution in [-0.4, -0.2) is 16.0 Å². The van der Waals surface area contributed by atoms with Crippen LogP contribution in [-0.2, 0) is 24.2 Å². The fourth-order valence-electron chi connectivity index (χ4n) is 2.35. The van der Waals surface area contributed by atoms with Gasteiger partial charge in [0, 0.05) is 5.56 Å². The zero-order valence-electron chi connectivity index (χ0n) is 13.5. The quantitative estimate of drug-likeness (QED) is 0.757. The number of hydrogen-bond acceptors (Lipinski definition) is 4. The smallest absolute Gasteiger partial charge is 0.246 e. The van der Waals surface area contributed by atoms with Gasteiger partial charge in [0.05, 0.1) is 13.0 Å². The summed E-state index contributed by atoms with van der Waals surface area (Å²) in [5, 5.41) is 6.74. The number of aromatic nitrogens is 2. The SMILES string of the molecule is CCc1ccc(CC(=O)NCc2nc(-c3ccccc3)no2)cc1. The first kappa shape index (κ1) is 15.9. The first-order chi connectivity index (χ1) is 11.7. The summed E-state index contributed by atoms with van der Waals surface area (Å²) in [5.41, 5.74) is 3.13. The summed E-state index contributed by atoms with van der Waals surface area (Å²) in [6.07, 6.45) is 1.33. The Bertz CT molecular complexity index is 795. The fourth-order valence-corrected chi connectivity index (χ4v) is 2.35. The van der Waals surface area contributed by atoms with Gasteiger partial charge in [0.2, 0.25) is 17.6 Å². The number of aryl methyl sites for hydroxylation is 1. The molecule has 0 radical (unpaired) electrons. The lowest BCUT2D eigenvalue weighted by Gasteiger charge is -2.03. The van der Waals surface area contributed by atoms with Gasteiger partial charge in [0.1, 0.15) is 0 Å². The standard InChI is InChI=1S/C19H19N3O2/c1-2-14-8-10-15(11-9-14)12-17(23)20-13-18-21-19(22-24-18)16-6-4-3-5-7-16/h3-11H,2,12-13H2,1H3,(H,20,23). The number of carbonyl (C=O) groups is 1. The zero-order chi connectivity index (χ0) is 16.8. The molecule has 3 rings (SSSR count). The molecule has 0 saturated carbocycles. The number of carbonyl (C=O) groups excluding carboxylic acids is 1. The first-order valence-electron chi connectivity index (χ1n) is 7.97. The molecule has 122 valence electrons. The Morgan fingerprint density at radius 2 is 1.75 bits per heavy atom. The number of nitrogens with one attached hydrogen (secondary N) is 1. The Morgan fingerprint density at radius 1 is 1.04 bits per heavy atom. The molecule has 0 bridgehead atoms. The van der Waals surface area contributed by atoms with E-state index in [2.05, 4.69) is 22.4 Å². The summed E-state index contributed by atoms with van der Waals surface area (Å²) in [4.78, 5) is 16.3. The molecule has 0 spiro atoms. The monoisotopic (exact) mass is 321 g/mol. The molecule has 2 aromatic carbocycles. The zero-order valence-corrected chi connectivity index (χ0v) is 13.5. The van der Waals surface area contributed by atoms with Crippen molar-refractivity contribution < 1.29 is 9.32 Å². The van der Waals surface area contributed by atoms with Gasteiger partial charge in [-0.2, -0.15) is 4.98 Å². The van der Waals surface area contributed by atoms with Crippen molar-refractivity contribution in [2.24, 2.45) is 0 Å². The Hall–Kier alpha value is -2.95. The van der Waals surface area contributed by atoms with Crippen LogP contribution < -0.4 is 5.32 Å². The van der Waals surface area contributed by atoms with E-state index in [1.54, 1.807) is 0 Å². The van der Waals surface area contributed by atoms with E-state index in [4.69, 9.17) is 4.52 Å². The topological polar surface area (TPSA) is 68.0 Å². The van der Waals surface area contributed by atoms with Crippen molar-refractivity contribution in [1.82, 2.24) is 15.5 Å². The third-order valence-electron chi connectivity index (χ3n) is 3.73. The average molecular weight is 321 g/mol. The molecule has 1 heterocycles. The van der Waals surface area contributed by atoms with Crippen LogP contribution in [0.1, 0.15) is 23.9 Å². The van der Waals surface area contributed by atoms with Gasteiger partial charge in [-0.05, 0) is 17.5 Å². The van der Waals surface area contributed by atoms with Crippen molar-refractivity contribution in [2.45, 2.75) is 26.3 Å². The van der Waals surface area contributed by atoms with Gasteiger partial charge in [-0.1, -0.05) is 66.7 Å². The van der Waals surface area contributed by atoms with Gasteiger partial charge in [-0.3, -0.25) is 4.79 Å². The molecule has 5 heteroatoms. The normalized spacial score (nSPS) is 10.5. The highest BCUT2D eigenvalue weighted by atomic mass is 16.5. The molecule has 0 fully saturated rings. The van der Waals surface area contributed by atoms with E-state index in [0.29, 0.717) is 18.1 Å². The minimum absolute atomic E-state index is 0.0706. The Kier molecular flexibility index (Phi) is 5.01. The third kappa shape index (κ3) is 4.07. The molecule has 0 aliphatic carbocycles. The molecule has 1 amide bonds. The number of hydrogen-bond donors (Lipinski definition) is 1. The van der Waals surface area contributed by atoms with Crippen LogP contribution >= 0.6 is 0 Å². The highest BCUT2D eigenvalue weighted by Gasteiger charge is 2.10. The second-order valence-corrected chi connectivity index (χ2v) is 5.50. The highest BCUT2D eigenvalue weighted by Crippen LogP contribution is 2.14. The Morgan fingerprint density at radius 3 is 2.46 bits per heavy atom. The van der Waals surface area contributed by atoms with Gasteiger partial charge in [-0.15, -0.1) is 0 Å². The van der Waals surface area contributed by atoms with Crippen LogP contribution in [0.15, 0.2) is 59.1 Å². The maximum absolute atomic E-state index is 12.0. The van der Waals surface area contributed by atoms with E-state index in [0.717, 1.165) is 17.5 Å².